The highest BCUT2D eigenvalue weighted by molar-refractivity contribution is 7.21. The topological polar surface area (TPSA) is 45.9 Å². The van der Waals surface area contributed by atoms with E-state index in [4.69, 9.17) is 9.15 Å². The molecule has 0 N–H and O–H groups in total. The van der Waals surface area contributed by atoms with Crippen LogP contribution in [-0.2, 0) is 6.54 Å². The first-order valence-corrected chi connectivity index (χ1v) is 11.4. The second-order valence-corrected chi connectivity index (χ2v) is 9.40. The van der Waals surface area contributed by atoms with Crippen molar-refractivity contribution in [3.63, 3.8) is 0 Å². The van der Waals surface area contributed by atoms with E-state index in [1.54, 1.807) is 23.3 Å². The number of methoxy groups -OCH3 is 1. The molecule has 31 heavy (non-hydrogen) atoms. The number of fused-ring (bicyclic) bond motifs is 2. The Kier molecular flexibility index (Phi) is 5.20. The van der Waals surface area contributed by atoms with Crippen molar-refractivity contribution in [2.24, 2.45) is 0 Å². The van der Waals surface area contributed by atoms with E-state index in [9.17, 15) is 4.79 Å². The van der Waals surface area contributed by atoms with Crippen molar-refractivity contribution in [2.45, 2.75) is 18.9 Å². The van der Waals surface area contributed by atoms with Crippen molar-refractivity contribution in [2.75, 3.05) is 34.3 Å². The van der Waals surface area contributed by atoms with Gasteiger partial charge in [0.05, 0.1) is 18.5 Å². The molecule has 1 unspecified atom stereocenters. The molecule has 0 spiro atoms. The summed E-state index contributed by atoms with van der Waals surface area (Å²) >= 11 is 1.62. The van der Waals surface area contributed by atoms with Gasteiger partial charge < -0.3 is 14.1 Å². The summed E-state index contributed by atoms with van der Waals surface area (Å²) < 4.78 is 12.7. The molecule has 1 atom stereocenters. The molecule has 6 heteroatoms. The van der Waals surface area contributed by atoms with E-state index in [0.717, 1.165) is 53.4 Å². The predicted molar refractivity (Wildman–Crippen MR) is 125 cm³/mol. The molecule has 1 saturated heterocycles. The van der Waals surface area contributed by atoms with E-state index in [1.807, 2.05) is 38.4 Å². The number of likely N-dealkylation sites (tertiary alicyclic amines) is 1. The van der Waals surface area contributed by atoms with Gasteiger partial charge >= 0.3 is 0 Å². The molecule has 160 valence electrons. The normalized spacial score (nSPS) is 16.9. The first kappa shape index (κ1) is 20.1. The van der Waals surface area contributed by atoms with Gasteiger partial charge in [-0.15, -0.1) is 11.3 Å². The number of benzene rings is 2. The van der Waals surface area contributed by atoms with Gasteiger partial charge in [0.15, 0.2) is 11.3 Å². The van der Waals surface area contributed by atoms with Crippen molar-refractivity contribution < 1.29 is 13.9 Å². The number of para-hydroxylation sites is 1. The molecule has 1 amide bonds. The number of carbonyl (C=O) groups is 1. The molecule has 5 nitrogen and oxygen atoms in total. The Hall–Kier alpha value is -2.83. The second kappa shape index (κ2) is 8.02. The second-order valence-electron chi connectivity index (χ2n) is 8.35. The van der Waals surface area contributed by atoms with E-state index in [2.05, 4.69) is 29.2 Å². The first-order chi connectivity index (χ1) is 15.0. The third-order valence-electron chi connectivity index (χ3n) is 6.07. The lowest BCUT2D eigenvalue weighted by Crippen LogP contribution is -2.23. The summed E-state index contributed by atoms with van der Waals surface area (Å²) in [5, 5.41) is 2.28. The Morgan fingerprint density at radius 1 is 1.23 bits per heavy atom. The Balaban J connectivity index is 1.42. The lowest BCUT2D eigenvalue weighted by Gasteiger charge is -2.17. The summed E-state index contributed by atoms with van der Waals surface area (Å²) in [4.78, 5) is 17.9. The third-order valence-corrected chi connectivity index (χ3v) is 7.25. The summed E-state index contributed by atoms with van der Waals surface area (Å²) in [6, 6.07) is 16.4. The number of carbonyl (C=O) groups excluding carboxylic acids is 1. The molecule has 3 heterocycles. The maximum atomic E-state index is 12.9. The van der Waals surface area contributed by atoms with Crippen LogP contribution in [0.4, 0.5) is 0 Å². The van der Waals surface area contributed by atoms with E-state index in [0.29, 0.717) is 5.92 Å². The highest BCUT2D eigenvalue weighted by Crippen LogP contribution is 2.41. The Morgan fingerprint density at radius 3 is 2.87 bits per heavy atom. The molecular formula is C25H26N2O3S. The van der Waals surface area contributed by atoms with Crippen molar-refractivity contribution in [1.29, 1.82) is 0 Å². The van der Waals surface area contributed by atoms with Crippen LogP contribution >= 0.6 is 11.3 Å². The van der Waals surface area contributed by atoms with Gasteiger partial charge in [-0.25, -0.2) is 0 Å². The van der Waals surface area contributed by atoms with Crippen molar-refractivity contribution in [1.82, 2.24) is 9.80 Å². The van der Waals surface area contributed by atoms with Gasteiger partial charge in [0.1, 0.15) is 5.76 Å². The zero-order valence-corrected chi connectivity index (χ0v) is 18.9. The number of rotatable bonds is 5. The summed E-state index contributed by atoms with van der Waals surface area (Å²) in [6.07, 6.45) is 1.04. The van der Waals surface area contributed by atoms with Crippen LogP contribution in [0.5, 0.6) is 5.75 Å². The van der Waals surface area contributed by atoms with Gasteiger partial charge in [-0.2, -0.15) is 0 Å². The Morgan fingerprint density at radius 2 is 2.06 bits per heavy atom. The number of furan rings is 1. The molecule has 5 rings (SSSR count). The van der Waals surface area contributed by atoms with Gasteiger partial charge in [-0.1, -0.05) is 30.3 Å². The van der Waals surface area contributed by atoms with Gasteiger partial charge in [-0.05, 0) is 42.1 Å². The zero-order valence-electron chi connectivity index (χ0n) is 18.1. The van der Waals surface area contributed by atoms with Crippen LogP contribution in [0.1, 0.15) is 33.3 Å². The molecule has 0 radical (unpaired) electrons. The minimum atomic E-state index is 0.0963. The lowest BCUT2D eigenvalue weighted by atomic mass is 9.95. The highest BCUT2D eigenvalue weighted by atomic mass is 32.1. The third kappa shape index (κ3) is 3.60. The molecule has 0 saturated carbocycles. The number of ether oxygens (including phenoxy) is 1. The largest absolute Gasteiger partial charge is 0.493 e. The van der Waals surface area contributed by atoms with Gasteiger partial charge in [-0.3, -0.25) is 9.69 Å². The molecule has 0 aliphatic carbocycles. The maximum Gasteiger partial charge on any atom is 0.263 e. The minimum Gasteiger partial charge on any atom is -0.493 e. The van der Waals surface area contributed by atoms with Crippen LogP contribution in [0.2, 0.25) is 0 Å². The van der Waals surface area contributed by atoms with Crippen LogP contribution in [-0.4, -0.2) is 50.0 Å². The number of thiophene rings is 1. The van der Waals surface area contributed by atoms with Crippen molar-refractivity contribution in [3.8, 4) is 5.75 Å². The van der Waals surface area contributed by atoms with E-state index in [1.165, 1.54) is 15.6 Å². The minimum absolute atomic E-state index is 0.0963. The van der Waals surface area contributed by atoms with Crippen molar-refractivity contribution in [3.05, 3.63) is 64.7 Å². The average molecular weight is 435 g/mol. The summed E-state index contributed by atoms with van der Waals surface area (Å²) in [7, 11) is 5.32. The van der Waals surface area contributed by atoms with E-state index >= 15 is 0 Å². The molecular weight excluding hydrogens is 408 g/mol. The number of hydrogen-bond donors (Lipinski definition) is 0. The SMILES string of the molecule is COc1cccc2cc(CN3CCC(c4c(C(=O)N(C)C)sc5ccccc45)C3)oc12. The first-order valence-electron chi connectivity index (χ1n) is 10.6. The van der Waals surface area contributed by atoms with Gasteiger partial charge in [0, 0.05) is 36.6 Å². The molecule has 1 fully saturated rings. The highest BCUT2D eigenvalue weighted by Gasteiger charge is 2.31. The number of amides is 1. The monoisotopic (exact) mass is 434 g/mol. The average Bonchev–Trinajstić information content (AvgIpc) is 3.48. The fourth-order valence-electron chi connectivity index (χ4n) is 4.59. The molecule has 1 aliphatic rings. The van der Waals surface area contributed by atoms with Crippen molar-refractivity contribution >= 4 is 38.3 Å². The Bertz CT molecular complexity index is 1260. The fourth-order valence-corrected chi connectivity index (χ4v) is 5.90. The molecule has 0 bridgehead atoms. The predicted octanol–water partition coefficient (Wildman–Crippen LogP) is 5.35. The summed E-state index contributed by atoms with van der Waals surface area (Å²) in [5.41, 5.74) is 2.02. The van der Waals surface area contributed by atoms with E-state index in [-0.39, 0.29) is 5.91 Å². The van der Waals surface area contributed by atoms with Crippen LogP contribution in [0.15, 0.2) is 52.9 Å². The fraction of sp³-hybridized carbons (Fsp3) is 0.320. The molecule has 2 aromatic carbocycles. The van der Waals surface area contributed by atoms with Gasteiger partial charge in [0.25, 0.3) is 5.91 Å². The number of hydrogen-bond acceptors (Lipinski definition) is 5. The standard InChI is InChI=1S/C25H26N2O3S/c1-26(2)25(28)24-22(19-8-4-5-10-21(19)31-24)17-11-12-27(14-17)15-18-13-16-7-6-9-20(29-3)23(16)30-18/h4-10,13,17H,11-12,14-15H2,1-3H3. The van der Waals surface area contributed by atoms with Crippen LogP contribution in [0.25, 0.3) is 21.1 Å². The van der Waals surface area contributed by atoms with Gasteiger partial charge in [0.2, 0.25) is 0 Å². The summed E-state index contributed by atoms with van der Waals surface area (Å²) in [5.74, 6) is 2.15. The van der Waals surface area contributed by atoms with E-state index < -0.39 is 0 Å². The van der Waals surface area contributed by atoms with Crippen LogP contribution in [0, 0.1) is 0 Å². The van der Waals surface area contributed by atoms with Crippen LogP contribution < -0.4 is 4.74 Å². The smallest absolute Gasteiger partial charge is 0.263 e. The Labute approximate surface area is 185 Å². The molecule has 2 aromatic heterocycles. The quantitative estimate of drug-likeness (QED) is 0.425. The molecule has 4 aromatic rings. The maximum absolute atomic E-state index is 12.9. The lowest BCUT2D eigenvalue weighted by molar-refractivity contribution is 0.0831. The number of nitrogens with zero attached hydrogens (tertiary/aromatic N) is 2. The summed E-state index contributed by atoms with van der Waals surface area (Å²) in [6.45, 7) is 2.66. The zero-order chi connectivity index (χ0) is 21.5. The molecule has 1 aliphatic heterocycles. The van der Waals surface area contributed by atoms with Crippen LogP contribution in [0.3, 0.4) is 0 Å².